The molecule has 2 atom stereocenters. The second-order valence-electron chi connectivity index (χ2n) is 3.49. The van der Waals surface area contributed by atoms with E-state index in [-0.39, 0.29) is 28.2 Å². The van der Waals surface area contributed by atoms with E-state index in [9.17, 15) is 9.59 Å². The lowest BCUT2D eigenvalue weighted by Gasteiger charge is -2.18. The van der Waals surface area contributed by atoms with Gasteiger partial charge in [-0.15, -0.1) is 0 Å². The van der Waals surface area contributed by atoms with E-state index in [0.717, 1.165) is 0 Å². The van der Waals surface area contributed by atoms with Gasteiger partial charge in [0.2, 0.25) is 11.8 Å². The van der Waals surface area contributed by atoms with E-state index in [1.807, 2.05) is 6.92 Å². The fourth-order valence-corrected chi connectivity index (χ4v) is 4.37. The molecule has 0 aromatic heterocycles. The fourth-order valence-electron chi connectivity index (χ4n) is 1.59. The second-order valence-corrected chi connectivity index (χ2v) is 7.13. The van der Waals surface area contributed by atoms with Crippen LogP contribution in [0.25, 0.3) is 0 Å². The van der Waals surface area contributed by atoms with Gasteiger partial charge in [-0.25, -0.2) is 0 Å². The van der Waals surface area contributed by atoms with Gasteiger partial charge in [0.1, 0.15) is 8.64 Å². The molecule has 2 unspecified atom stereocenters. The van der Waals surface area contributed by atoms with Gasteiger partial charge in [0.15, 0.2) is 0 Å². The smallest absolute Gasteiger partial charge is 0.239 e. The molecule has 2 rings (SSSR count). The molecule has 0 aliphatic carbocycles. The minimum atomic E-state index is -0.295. The van der Waals surface area contributed by atoms with Crippen molar-refractivity contribution >= 4 is 68.4 Å². The summed E-state index contributed by atoms with van der Waals surface area (Å²) in [5.74, 6) is -0.335. The van der Waals surface area contributed by atoms with Crippen LogP contribution in [0.4, 0.5) is 0 Å². The second kappa shape index (κ2) is 4.59. The summed E-state index contributed by atoms with van der Waals surface area (Å²) < 4.78 is 0.959. The first-order valence-electron chi connectivity index (χ1n) is 4.52. The number of hydrogen-bond acceptors (Lipinski definition) is 6. The molecule has 2 amide bonds. The molecule has 2 N–H and O–H groups in total. The van der Waals surface area contributed by atoms with Gasteiger partial charge in [-0.05, 0) is 5.92 Å². The molecule has 8 heteroatoms. The van der Waals surface area contributed by atoms with E-state index >= 15 is 0 Å². The minimum absolute atomic E-state index is 0.101. The largest absolute Gasteiger partial charge is 0.311 e. The van der Waals surface area contributed by atoms with Crippen molar-refractivity contribution in [3.8, 4) is 0 Å². The van der Waals surface area contributed by atoms with Gasteiger partial charge in [0.25, 0.3) is 0 Å². The lowest BCUT2D eigenvalue weighted by Crippen LogP contribution is -2.37. The average Bonchev–Trinajstić information content (AvgIpc) is 2.68. The third-order valence-corrected chi connectivity index (χ3v) is 5.60. The number of carbonyl (C=O) groups excluding carboxylic acids is 2. The maximum absolute atomic E-state index is 11.6. The third-order valence-electron chi connectivity index (χ3n) is 2.39. The third kappa shape index (κ3) is 2.24. The molecule has 16 heavy (non-hydrogen) atoms. The maximum Gasteiger partial charge on any atom is 0.239 e. The van der Waals surface area contributed by atoms with Gasteiger partial charge >= 0.3 is 0 Å². The van der Waals surface area contributed by atoms with E-state index in [1.165, 1.54) is 23.5 Å². The Kier molecular flexibility index (Phi) is 3.53. The molecular weight excluding hydrogens is 284 g/mol. The summed E-state index contributed by atoms with van der Waals surface area (Å²) in [5, 5.41) is 4.57. The summed E-state index contributed by atoms with van der Waals surface area (Å²) in [6.07, 6.45) is 0. The standard InChI is InChI=1S/C8H8N2O2S4/c1-2(3-5(11)9-7(13)15-3)4-6(12)10-8(14)16-4/h2-4H,1H3,(H,9,11,13)(H,10,12,14). The van der Waals surface area contributed by atoms with E-state index in [4.69, 9.17) is 24.4 Å². The van der Waals surface area contributed by atoms with Crippen LogP contribution in [-0.4, -0.2) is 31.0 Å². The Bertz CT molecular complexity index is 361. The van der Waals surface area contributed by atoms with Crippen LogP contribution in [0.15, 0.2) is 0 Å². The van der Waals surface area contributed by atoms with Crippen molar-refractivity contribution in [3.63, 3.8) is 0 Å². The van der Waals surface area contributed by atoms with E-state index in [0.29, 0.717) is 8.64 Å². The van der Waals surface area contributed by atoms with Gasteiger partial charge in [-0.2, -0.15) is 0 Å². The van der Waals surface area contributed by atoms with Crippen LogP contribution in [0.5, 0.6) is 0 Å². The number of carbonyl (C=O) groups is 2. The highest BCUT2D eigenvalue weighted by atomic mass is 32.2. The summed E-state index contributed by atoms with van der Waals surface area (Å²) in [6.45, 7) is 1.87. The molecule has 2 aliphatic heterocycles. The molecule has 2 fully saturated rings. The van der Waals surface area contributed by atoms with Crippen LogP contribution in [0, 0.1) is 5.92 Å². The molecule has 0 radical (unpaired) electrons. The molecule has 2 saturated heterocycles. The van der Waals surface area contributed by atoms with E-state index < -0.39 is 0 Å². The molecule has 0 spiro atoms. The highest BCUT2D eigenvalue weighted by molar-refractivity contribution is 8.25. The highest BCUT2D eigenvalue weighted by Crippen LogP contribution is 2.35. The summed E-state index contributed by atoms with van der Waals surface area (Å²) in [6, 6.07) is 0. The maximum atomic E-state index is 11.6. The molecule has 2 heterocycles. The Labute approximate surface area is 112 Å². The van der Waals surface area contributed by atoms with Crippen molar-refractivity contribution in [2.24, 2.45) is 5.92 Å². The Hall–Kier alpha value is -0.180. The predicted octanol–water partition coefficient (Wildman–Crippen LogP) is 0.655. The van der Waals surface area contributed by atoms with Gasteiger partial charge in [0, 0.05) is 0 Å². The quantitative estimate of drug-likeness (QED) is 0.729. The molecule has 0 saturated carbocycles. The van der Waals surface area contributed by atoms with Crippen molar-refractivity contribution in [1.29, 1.82) is 0 Å². The molecule has 0 aromatic rings. The first-order valence-corrected chi connectivity index (χ1v) is 7.09. The highest BCUT2D eigenvalue weighted by Gasteiger charge is 2.43. The summed E-state index contributed by atoms with van der Waals surface area (Å²) >= 11 is 12.4. The molecule has 86 valence electrons. The van der Waals surface area contributed by atoms with Gasteiger partial charge in [-0.3, -0.25) is 9.59 Å². The van der Waals surface area contributed by atoms with E-state index in [2.05, 4.69) is 10.6 Å². The molecule has 0 bridgehead atoms. The Morgan fingerprint density at radius 3 is 1.69 bits per heavy atom. The summed E-state index contributed by atoms with van der Waals surface area (Å²) in [4.78, 5) is 23.2. The zero-order chi connectivity index (χ0) is 11.9. The molecular formula is C8H8N2O2S4. The zero-order valence-corrected chi connectivity index (χ0v) is 11.4. The lowest BCUT2D eigenvalue weighted by atomic mass is 10.0. The first-order chi connectivity index (χ1) is 7.49. The van der Waals surface area contributed by atoms with Crippen LogP contribution < -0.4 is 10.6 Å². The number of rotatable bonds is 2. The Balaban J connectivity index is 2.10. The average molecular weight is 292 g/mol. The van der Waals surface area contributed by atoms with Crippen LogP contribution in [-0.2, 0) is 9.59 Å². The fraction of sp³-hybridized carbons (Fsp3) is 0.500. The molecule has 2 aliphatic rings. The summed E-state index contributed by atoms with van der Waals surface area (Å²) in [7, 11) is 0. The van der Waals surface area contributed by atoms with Crippen LogP contribution in [0.2, 0.25) is 0 Å². The predicted molar refractivity (Wildman–Crippen MR) is 73.4 cm³/mol. The number of hydrogen-bond donors (Lipinski definition) is 2. The normalized spacial score (nSPS) is 31.6. The first kappa shape index (κ1) is 12.3. The summed E-state index contributed by atoms with van der Waals surface area (Å²) in [5.41, 5.74) is 0. The van der Waals surface area contributed by atoms with Crippen molar-refractivity contribution in [2.45, 2.75) is 17.4 Å². The van der Waals surface area contributed by atoms with Crippen LogP contribution in [0.1, 0.15) is 6.92 Å². The van der Waals surface area contributed by atoms with Crippen molar-refractivity contribution in [2.75, 3.05) is 0 Å². The number of thioether (sulfide) groups is 2. The van der Waals surface area contributed by atoms with Crippen molar-refractivity contribution in [1.82, 2.24) is 10.6 Å². The SMILES string of the molecule is CC(C1SC(=S)NC1=O)C1SC(=S)NC1=O. The van der Waals surface area contributed by atoms with Gasteiger partial charge in [0.05, 0.1) is 10.5 Å². The van der Waals surface area contributed by atoms with Gasteiger partial charge in [-0.1, -0.05) is 54.9 Å². The van der Waals surface area contributed by atoms with E-state index in [1.54, 1.807) is 0 Å². The number of nitrogens with one attached hydrogen (secondary N) is 2. The van der Waals surface area contributed by atoms with Crippen molar-refractivity contribution < 1.29 is 9.59 Å². The minimum Gasteiger partial charge on any atom is -0.311 e. The number of thiocarbonyl (C=S) groups is 2. The Morgan fingerprint density at radius 2 is 1.44 bits per heavy atom. The van der Waals surface area contributed by atoms with Crippen molar-refractivity contribution in [3.05, 3.63) is 0 Å². The molecule has 4 nitrogen and oxygen atoms in total. The zero-order valence-electron chi connectivity index (χ0n) is 8.18. The van der Waals surface area contributed by atoms with Gasteiger partial charge < -0.3 is 10.6 Å². The molecule has 0 aromatic carbocycles. The topological polar surface area (TPSA) is 58.2 Å². The van der Waals surface area contributed by atoms with Crippen LogP contribution in [0.3, 0.4) is 0 Å². The Morgan fingerprint density at radius 1 is 1.06 bits per heavy atom. The number of amides is 2. The van der Waals surface area contributed by atoms with Crippen LogP contribution >= 0.6 is 48.0 Å². The monoisotopic (exact) mass is 292 g/mol. The lowest BCUT2D eigenvalue weighted by molar-refractivity contribution is -0.121.